The monoisotopic (exact) mass is 200 g/mol. The molecule has 0 aliphatic rings. The summed E-state index contributed by atoms with van der Waals surface area (Å²) < 4.78 is 20.8. The Morgan fingerprint density at radius 3 is 2.00 bits per heavy atom. The summed E-state index contributed by atoms with van der Waals surface area (Å²) in [6.45, 7) is 1.81. The predicted octanol–water partition coefficient (Wildman–Crippen LogP) is 0.814. The van der Waals surface area contributed by atoms with Crippen molar-refractivity contribution in [1.82, 2.24) is 0 Å². The summed E-state index contributed by atoms with van der Waals surface area (Å²) >= 11 is 3.13. The van der Waals surface area contributed by atoms with E-state index in [0.29, 0.717) is 0 Å². The zero-order valence-corrected chi connectivity index (χ0v) is 7.29. The van der Waals surface area contributed by atoms with Gasteiger partial charge in [0.15, 0.2) is 0 Å². The van der Waals surface area contributed by atoms with Crippen molar-refractivity contribution in [2.24, 2.45) is 0 Å². The zero-order valence-electron chi connectivity index (χ0n) is 4.89. The molecule has 1 atom stereocenters. The number of sulfone groups is 1. The van der Waals surface area contributed by atoms with Crippen molar-refractivity contribution in [3.8, 4) is 0 Å². The van der Waals surface area contributed by atoms with Crippen LogP contribution >= 0.6 is 15.9 Å². The van der Waals surface area contributed by atoms with Crippen molar-refractivity contribution in [3.05, 3.63) is 0 Å². The first kappa shape index (κ1) is 8.43. The Hall–Kier alpha value is 0.430. The van der Waals surface area contributed by atoms with Crippen LogP contribution in [0.4, 0.5) is 0 Å². The topological polar surface area (TPSA) is 34.1 Å². The second kappa shape index (κ2) is 2.82. The Morgan fingerprint density at radius 1 is 1.62 bits per heavy atom. The van der Waals surface area contributed by atoms with Crippen LogP contribution in [-0.4, -0.2) is 25.3 Å². The summed E-state index contributed by atoms with van der Waals surface area (Å²) in [4.78, 5) is 0.0671. The normalized spacial score (nSPS) is 15.9. The Labute approximate surface area is 58.3 Å². The van der Waals surface area contributed by atoms with Gasteiger partial charge in [-0.05, 0) is 0 Å². The predicted molar refractivity (Wildman–Crippen MR) is 38.1 cm³/mol. The van der Waals surface area contributed by atoms with E-state index >= 15 is 0 Å². The lowest BCUT2D eigenvalue weighted by molar-refractivity contribution is 0.601. The van der Waals surface area contributed by atoms with Gasteiger partial charge in [0.05, 0.1) is 5.75 Å². The highest BCUT2D eigenvalue weighted by atomic mass is 79.9. The van der Waals surface area contributed by atoms with E-state index in [1.165, 1.54) is 6.26 Å². The van der Waals surface area contributed by atoms with E-state index < -0.39 is 9.84 Å². The lowest BCUT2D eigenvalue weighted by Gasteiger charge is -1.96. The molecule has 0 bridgehead atoms. The highest BCUT2D eigenvalue weighted by molar-refractivity contribution is 9.09. The summed E-state index contributed by atoms with van der Waals surface area (Å²) in [5.74, 6) is 0.215. The van der Waals surface area contributed by atoms with Crippen molar-refractivity contribution in [2.45, 2.75) is 11.8 Å². The molecule has 50 valence electrons. The van der Waals surface area contributed by atoms with Crippen LogP contribution < -0.4 is 0 Å². The molecular weight excluding hydrogens is 192 g/mol. The molecule has 0 aliphatic heterocycles. The van der Waals surface area contributed by atoms with E-state index in [0.717, 1.165) is 0 Å². The lowest BCUT2D eigenvalue weighted by atomic mass is 10.6. The van der Waals surface area contributed by atoms with Gasteiger partial charge in [0.2, 0.25) is 0 Å². The minimum atomic E-state index is -2.77. The number of halogens is 1. The van der Waals surface area contributed by atoms with Gasteiger partial charge in [0.1, 0.15) is 9.84 Å². The van der Waals surface area contributed by atoms with Crippen LogP contribution in [0.3, 0.4) is 0 Å². The van der Waals surface area contributed by atoms with Crippen LogP contribution in [0, 0.1) is 0 Å². The second-order valence-electron chi connectivity index (χ2n) is 1.87. The number of hydrogen-bond donors (Lipinski definition) is 0. The summed E-state index contributed by atoms with van der Waals surface area (Å²) in [5, 5.41) is 0. The molecule has 0 aliphatic carbocycles. The molecule has 0 aromatic heterocycles. The van der Waals surface area contributed by atoms with Gasteiger partial charge in [-0.25, -0.2) is 8.42 Å². The number of rotatable bonds is 2. The van der Waals surface area contributed by atoms with Gasteiger partial charge in [-0.3, -0.25) is 0 Å². The van der Waals surface area contributed by atoms with Gasteiger partial charge in [-0.2, -0.15) is 0 Å². The van der Waals surface area contributed by atoms with Crippen LogP contribution in [0.1, 0.15) is 6.92 Å². The third-order valence-corrected chi connectivity index (χ3v) is 2.39. The molecule has 4 heteroatoms. The third kappa shape index (κ3) is 6.43. The maximum Gasteiger partial charge on any atom is 0.148 e. The van der Waals surface area contributed by atoms with E-state index in [9.17, 15) is 8.42 Å². The lowest BCUT2D eigenvalue weighted by Crippen LogP contribution is -2.10. The van der Waals surface area contributed by atoms with Gasteiger partial charge in [-0.1, -0.05) is 22.9 Å². The fraction of sp³-hybridized carbons (Fsp3) is 1.00. The Bertz CT molecular complexity index is 147. The average molecular weight is 201 g/mol. The Kier molecular flexibility index (Phi) is 2.98. The van der Waals surface area contributed by atoms with Crippen molar-refractivity contribution in [3.63, 3.8) is 0 Å². The Balaban J connectivity index is 3.75. The van der Waals surface area contributed by atoms with Gasteiger partial charge >= 0.3 is 0 Å². The first-order valence-electron chi connectivity index (χ1n) is 2.23. The number of alkyl halides is 1. The van der Waals surface area contributed by atoms with E-state index in [4.69, 9.17) is 0 Å². The quantitative estimate of drug-likeness (QED) is 0.619. The van der Waals surface area contributed by atoms with Crippen LogP contribution in [0.2, 0.25) is 0 Å². The summed E-state index contributed by atoms with van der Waals surface area (Å²) in [6.07, 6.45) is 1.23. The smallest absolute Gasteiger partial charge is 0.148 e. The van der Waals surface area contributed by atoms with Crippen LogP contribution in [-0.2, 0) is 9.84 Å². The van der Waals surface area contributed by atoms with E-state index in [1.54, 1.807) is 6.92 Å². The van der Waals surface area contributed by atoms with Crippen LogP contribution in [0.15, 0.2) is 0 Å². The summed E-state index contributed by atoms with van der Waals surface area (Å²) in [6, 6.07) is 0. The van der Waals surface area contributed by atoms with E-state index in [-0.39, 0.29) is 10.6 Å². The first-order valence-corrected chi connectivity index (χ1v) is 5.21. The molecule has 1 unspecified atom stereocenters. The minimum Gasteiger partial charge on any atom is -0.229 e. The number of hydrogen-bond acceptors (Lipinski definition) is 2. The van der Waals surface area contributed by atoms with Crippen molar-refractivity contribution in [2.75, 3.05) is 12.0 Å². The first-order chi connectivity index (χ1) is 3.42. The van der Waals surface area contributed by atoms with Crippen LogP contribution in [0.25, 0.3) is 0 Å². The zero-order chi connectivity index (χ0) is 6.78. The van der Waals surface area contributed by atoms with E-state index in [1.807, 2.05) is 0 Å². The summed E-state index contributed by atoms with van der Waals surface area (Å²) in [5.41, 5.74) is 0. The highest BCUT2D eigenvalue weighted by Crippen LogP contribution is 1.99. The molecule has 0 aromatic rings. The summed E-state index contributed by atoms with van der Waals surface area (Å²) in [7, 11) is -2.77. The van der Waals surface area contributed by atoms with Gasteiger partial charge in [-0.15, -0.1) is 0 Å². The van der Waals surface area contributed by atoms with Crippen molar-refractivity contribution < 1.29 is 8.42 Å². The van der Waals surface area contributed by atoms with Gasteiger partial charge in [0.25, 0.3) is 0 Å². The molecule has 0 spiro atoms. The molecule has 0 fully saturated rings. The molecule has 0 aromatic carbocycles. The molecular formula is C4H9BrO2S. The minimum absolute atomic E-state index is 0.0671. The SMILES string of the molecule is CC(Br)CS(C)(=O)=O. The average Bonchev–Trinajstić information content (AvgIpc) is 1.21. The van der Waals surface area contributed by atoms with Crippen molar-refractivity contribution >= 4 is 25.8 Å². The molecule has 2 nitrogen and oxygen atoms in total. The standard InChI is InChI=1S/C4H9BrO2S/c1-4(5)3-8(2,6)7/h4H,3H2,1-2H3. The van der Waals surface area contributed by atoms with Gasteiger partial charge in [0, 0.05) is 11.1 Å². The molecule has 0 rings (SSSR count). The molecule has 0 radical (unpaired) electrons. The molecule has 0 saturated carbocycles. The molecule has 8 heavy (non-hydrogen) atoms. The molecule has 0 amide bonds. The Morgan fingerprint density at radius 2 is 2.00 bits per heavy atom. The highest BCUT2D eigenvalue weighted by Gasteiger charge is 2.05. The molecule has 0 saturated heterocycles. The van der Waals surface area contributed by atoms with E-state index in [2.05, 4.69) is 15.9 Å². The fourth-order valence-electron chi connectivity index (χ4n) is 0.417. The molecule has 0 N–H and O–H groups in total. The van der Waals surface area contributed by atoms with Crippen LogP contribution in [0.5, 0.6) is 0 Å². The van der Waals surface area contributed by atoms with Gasteiger partial charge < -0.3 is 0 Å². The van der Waals surface area contributed by atoms with Crippen molar-refractivity contribution in [1.29, 1.82) is 0 Å². The largest absolute Gasteiger partial charge is 0.229 e. The maximum atomic E-state index is 10.4. The molecule has 0 heterocycles. The fourth-order valence-corrected chi connectivity index (χ4v) is 2.69. The third-order valence-electron chi connectivity index (χ3n) is 0.532. The second-order valence-corrected chi connectivity index (χ2v) is 5.62. The maximum absolute atomic E-state index is 10.4.